The monoisotopic (exact) mass is 317 g/mol. The van der Waals surface area contributed by atoms with E-state index in [1.165, 1.54) is 4.68 Å². The zero-order chi connectivity index (χ0) is 15.9. The number of hydrogen-bond donors (Lipinski definition) is 2. The topological polar surface area (TPSA) is 120 Å². The Labute approximate surface area is 125 Å². The molecule has 9 heteroatoms. The fourth-order valence-corrected chi connectivity index (χ4v) is 2.79. The molecular formula is C12H23N5O3S. The van der Waals surface area contributed by atoms with Crippen molar-refractivity contribution in [1.82, 2.24) is 20.3 Å². The van der Waals surface area contributed by atoms with Crippen molar-refractivity contribution in [3.05, 3.63) is 11.9 Å². The van der Waals surface area contributed by atoms with Gasteiger partial charge in [0.2, 0.25) is 5.91 Å². The zero-order valence-electron chi connectivity index (χ0n) is 12.4. The Morgan fingerprint density at radius 1 is 1.43 bits per heavy atom. The van der Waals surface area contributed by atoms with Gasteiger partial charge in [0, 0.05) is 19.2 Å². The molecule has 0 saturated heterocycles. The second-order valence-electron chi connectivity index (χ2n) is 5.37. The standard InChI is InChI=1S/C12H23N5O3S/c1-10(2)7-14-8-11-9-17(16-15-11)4-6-21(19,20)5-3-12(13)18/h9-10,14H,3-8H2,1-2H3,(H2,13,18). The summed E-state index contributed by atoms with van der Waals surface area (Å²) < 4.78 is 24.9. The van der Waals surface area contributed by atoms with Crippen LogP contribution in [0.4, 0.5) is 0 Å². The maximum absolute atomic E-state index is 11.7. The smallest absolute Gasteiger partial charge is 0.218 e. The summed E-state index contributed by atoms with van der Waals surface area (Å²) in [4.78, 5) is 10.6. The van der Waals surface area contributed by atoms with Crippen LogP contribution in [0.1, 0.15) is 26.0 Å². The number of nitrogens with zero attached hydrogens (tertiary/aromatic N) is 3. The molecule has 0 aliphatic carbocycles. The van der Waals surface area contributed by atoms with Crippen molar-refractivity contribution < 1.29 is 13.2 Å². The summed E-state index contributed by atoms with van der Waals surface area (Å²) in [5.74, 6) is -0.365. The highest BCUT2D eigenvalue weighted by atomic mass is 32.2. The van der Waals surface area contributed by atoms with E-state index < -0.39 is 15.7 Å². The number of nitrogens with one attached hydrogen (secondary N) is 1. The van der Waals surface area contributed by atoms with E-state index in [-0.39, 0.29) is 24.5 Å². The molecule has 0 atom stereocenters. The number of carbonyl (C=O) groups is 1. The van der Waals surface area contributed by atoms with E-state index in [4.69, 9.17) is 5.73 Å². The van der Waals surface area contributed by atoms with Gasteiger partial charge in [-0.3, -0.25) is 9.48 Å². The van der Waals surface area contributed by atoms with Gasteiger partial charge in [0.15, 0.2) is 9.84 Å². The second-order valence-corrected chi connectivity index (χ2v) is 7.67. The second kappa shape index (κ2) is 8.08. The molecule has 0 radical (unpaired) electrons. The first-order valence-corrected chi connectivity index (χ1v) is 8.69. The summed E-state index contributed by atoms with van der Waals surface area (Å²) in [6, 6.07) is 0. The van der Waals surface area contributed by atoms with Gasteiger partial charge in [0.25, 0.3) is 0 Å². The Kier molecular flexibility index (Phi) is 6.76. The van der Waals surface area contributed by atoms with Gasteiger partial charge in [0.1, 0.15) is 0 Å². The lowest BCUT2D eigenvalue weighted by molar-refractivity contribution is -0.117. The lowest BCUT2D eigenvalue weighted by atomic mass is 10.2. The van der Waals surface area contributed by atoms with Gasteiger partial charge in [-0.1, -0.05) is 19.1 Å². The Hall–Kier alpha value is -1.48. The van der Waals surface area contributed by atoms with Crippen molar-refractivity contribution in [3.8, 4) is 0 Å². The third-order valence-corrected chi connectivity index (χ3v) is 4.37. The molecule has 1 heterocycles. The molecule has 1 rings (SSSR count). The minimum Gasteiger partial charge on any atom is -0.370 e. The summed E-state index contributed by atoms with van der Waals surface area (Å²) in [6.07, 6.45) is 1.57. The van der Waals surface area contributed by atoms with E-state index in [0.29, 0.717) is 12.5 Å². The molecule has 0 fully saturated rings. The largest absolute Gasteiger partial charge is 0.370 e. The fourth-order valence-electron chi connectivity index (χ4n) is 1.61. The number of nitrogens with two attached hydrogens (primary N) is 1. The molecule has 0 aliphatic rings. The first kappa shape index (κ1) is 17.6. The summed E-state index contributed by atoms with van der Waals surface area (Å²) in [5, 5.41) is 11.1. The first-order chi connectivity index (χ1) is 9.78. The molecule has 0 bridgehead atoms. The molecule has 0 aromatic carbocycles. The average Bonchev–Trinajstić information content (AvgIpc) is 2.82. The highest BCUT2D eigenvalue weighted by Gasteiger charge is 2.13. The molecule has 8 nitrogen and oxygen atoms in total. The van der Waals surface area contributed by atoms with Crippen LogP contribution >= 0.6 is 0 Å². The molecule has 0 spiro atoms. The van der Waals surface area contributed by atoms with Crippen LogP contribution in [0, 0.1) is 5.92 Å². The van der Waals surface area contributed by atoms with Crippen LogP contribution in [0.25, 0.3) is 0 Å². The van der Waals surface area contributed by atoms with E-state index in [2.05, 4.69) is 29.5 Å². The number of sulfone groups is 1. The summed E-state index contributed by atoms with van der Waals surface area (Å²) in [5.41, 5.74) is 5.71. The number of rotatable bonds is 10. The number of primary amides is 1. The minimum absolute atomic E-state index is 0.0809. The van der Waals surface area contributed by atoms with Crippen molar-refractivity contribution in [3.63, 3.8) is 0 Å². The van der Waals surface area contributed by atoms with Gasteiger partial charge >= 0.3 is 0 Å². The third kappa shape index (κ3) is 7.76. The van der Waals surface area contributed by atoms with Gasteiger partial charge in [-0.15, -0.1) is 5.10 Å². The van der Waals surface area contributed by atoms with E-state index in [0.717, 1.165) is 12.2 Å². The summed E-state index contributed by atoms with van der Waals surface area (Å²) >= 11 is 0. The highest BCUT2D eigenvalue weighted by Crippen LogP contribution is 1.98. The van der Waals surface area contributed by atoms with E-state index in [1.54, 1.807) is 6.20 Å². The Bertz CT molecular complexity index is 553. The van der Waals surface area contributed by atoms with Gasteiger partial charge < -0.3 is 11.1 Å². The molecule has 120 valence electrons. The van der Waals surface area contributed by atoms with Crippen LogP contribution in [-0.2, 0) is 27.7 Å². The Morgan fingerprint density at radius 2 is 2.14 bits per heavy atom. The van der Waals surface area contributed by atoms with Crippen LogP contribution < -0.4 is 11.1 Å². The normalized spacial score (nSPS) is 12.0. The molecule has 3 N–H and O–H groups in total. The number of amides is 1. The average molecular weight is 317 g/mol. The van der Waals surface area contributed by atoms with E-state index >= 15 is 0 Å². The summed E-state index contributed by atoms with van der Waals surface area (Å²) in [7, 11) is -3.30. The number of aromatic nitrogens is 3. The lowest BCUT2D eigenvalue weighted by Gasteiger charge is -2.04. The quantitative estimate of drug-likeness (QED) is 0.589. The Morgan fingerprint density at radius 3 is 2.76 bits per heavy atom. The number of aryl methyl sites for hydroxylation is 1. The van der Waals surface area contributed by atoms with Gasteiger partial charge in [-0.2, -0.15) is 0 Å². The third-order valence-electron chi connectivity index (χ3n) is 2.74. The minimum atomic E-state index is -3.30. The van der Waals surface area contributed by atoms with Crippen LogP contribution in [-0.4, -0.2) is 47.4 Å². The van der Waals surface area contributed by atoms with E-state index in [1.807, 2.05) is 0 Å². The van der Waals surface area contributed by atoms with Crippen LogP contribution in [0.3, 0.4) is 0 Å². The van der Waals surface area contributed by atoms with Gasteiger partial charge in [-0.05, 0) is 12.5 Å². The lowest BCUT2D eigenvalue weighted by Crippen LogP contribution is -2.21. The van der Waals surface area contributed by atoms with E-state index in [9.17, 15) is 13.2 Å². The van der Waals surface area contributed by atoms with Crippen molar-refractivity contribution >= 4 is 15.7 Å². The van der Waals surface area contributed by atoms with Gasteiger partial charge in [-0.25, -0.2) is 8.42 Å². The number of carbonyl (C=O) groups excluding carboxylic acids is 1. The van der Waals surface area contributed by atoms with Gasteiger partial charge in [0.05, 0.1) is 23.7 Å². The maximum Gasteiger partial charge on any atom is 0.218 e. The van der Waals surface area contributed by atoms with Crippen molar-refractivity contribution in [2.45, 2.75) is 33.4 Å². The molecule has 21 heavy (non-hydrogen) atoms. The SMILES string of the molecule is CC(C)CNCc1cn(CCS(=O)(=O)CCC(N)=O)nn1. The van der Waals surface area contributed by atoms with Crippen molar-refractivity contribution in [1.29, 1.82) is 0 Å². The molecule has 1 amide bonds. The fraction of sp³-hybridized carbons (Fsp3) is 0.750. The molecule has 0 unspecified atom stereocenters. The first-order valence-electron chi connectivity index (χ1n) is 6.87. The van der Waals surface area contributed by atoms with Crippen molar-refractivity contribution in [2.24, 2.45) is 11.7 Å². The van der Waals surface area contributed by atoms with Crippen LogP contribution in [0.5, 0.6) is 0 Å². The highest BCUT2D eigenvalue weighted by molar-refractivity contribution is 7.91. The predicted octanol–water partition coefficient (Wildman–Crippen LogP) is -0.686. The molecular weight excluding hydrogens is 294 g/mol. The number of hydrogen-bond acceptors (Lipinski definition) is 6. The molecule has 1 aromatic rings. The Balaban J connectivity index is 2.39. The zero-order valence-corrected chi connectivity index (χ0v) is 13.3. The molecule has 0 saturated carbocycles. The molecule has 0 aliphatic heterocycles. The van der Waals surface area contributed by atoms with Crippen LogP contribution in [0.15, 0.2) is 6.20 Å². The molecule has 1 aromatic heterocycles. The summed E-state index contributed by atoms with van der Waals surface area (Å²) in [6.45, 7) is 5.93. The predicted molar refractivity (Wildman–Crippen MR) is 79.0 cm³/mol. The van der Waals surface area contributed by atoms with Crippen LogP contribution in [0.2, 0.25) is 0 Å². The van der Waals surface area contributed by atoms with Crippen molar-refractivity contribution in [2.75, 3.05) is 18.1 Å². The maximum atomic E-state index is 11.7.